The average molecular weight is 337 g/mol. The SMILES string of the molecule is O=C(O)[C-]=C/C=C(\[CH]=[W])B(O)O. The summed E-state index contributed by atoms with van der Waals surface area (Å²) in [7, 11) is -1.56. The Morgan fingerprint density at radius 1 is 1.50 bits per heavy atom. The Kier molecular flexibility index (Phi) is 5.80. The third kappa shape index (κ3) is 5.18. The van der Waals surface area contributed by atoms with Gasteiger partial charge < -0.3 is 0 Å². The monoisotopic (exact) mass is 337 g/mol. The predicted octanol–water partition coefficient (Wildman–Crippen LogP) is -1.28. The molecule has 0 unspecified atom stereocenters. The quantitative estimate of drug-likeness (QED) is 0.259. The molecule has 0 saturated carbocycles. The van der Waals surface area contributed by atoms with Crippen molar-refractivity contribution in [3.8, 4) is 0 Å². The first-order valence-corrected chi connectivity index (χ1v) is 4.61. The summed E-state index contributed by atoms with van der Waals surface area (Å²) < 4.78 is 1.55. The summed E-state index contributed by atoms with van der Waals surface area (Å²) in [5.41, 5.74) is 0.263. The third-order valence-electron chi connectivity index (χ3n) is 0.917. The molecule has 0 heterocycles. The summed E-state index contributed by atoms with van der Waals surface area (Å²) in [6.07, 6.45) is 4.35. The summed E-state index contributed by atoms with van der Waals surface area (Å²) in [5.74, 6) is -1.19. The van der Waals surface area contributed by atoms with Gasteiger partial charge in [0, 0.05) is 0 Å². The molecular weight excluding hydrogens is 331 g/mol. The van der Waals surface area contributed by atoms with Gasteiger partial charge in [-0.25, -0.2) is 0 Å². The summed E-state index contributed by atoms with van der Waals surface area (Å²) in [6.45, 7) is 0. The zero-order chi connectivity index (χ0) is 9.56. The van der Waals surface area contributed by atoms with Crippen LogP contribution in [-0.2, 0) is 24.1 Å². The minimum absolute atomic E-state index is 0.263. The first-order valence-electron chi connectivity index (χ1n) is 2.92. The van der Waals surface area contributed by atoms with Gasteiger partial charge in [0.15, 0.2) is 0 Å². The molecule has 0 radical (unpaired) electrons. The molecule has 0 aromatic rings. The van der Waals surface area contributed by atoms with E-state index in [9.17, 15) is 4.79 Å². The van der Waals surface area contributed by atoms with Crippen LogP contribution in [0.2, 0.25) is 0 Å². The van der Waals surface area contributed by atoms with Gasteiger partial charge in [0.1, 0.15) is 0 Å². The second-order valence-electron chi connectivity index (χ2n) is 1.77. The first-order chi connectivity index (χ1) is 5.57. The van der Waals surface area contributed by atoms with Gasteiger partial charge in [0.25, 0.3) is 0 Å². The molecule has 0 aliphatic heterocycles. The van der Waals surface area contributed by atoms with E-state index in [4.69, 9.17) is 15.2 Å². The van der Waals surface area contributed by atoms with E-state index in [2.05, 4.69) is 0 Å². The topological polar surface area (TPSA) is 77.8 Å². The van der Waals surface area contributed by atoms with E-state index >= 15 is 0 Å². The molecule has 0 spiro atoms. The summed E-state index contributed by atoms with van der Waals surface area (Å²) in [5, 5.41) is 25.4. The molecule has 0 aliphatic rings. The van der Waals surface area contributed by atoms with Crippen molar-refractivity contribution < 1.29 is 39.3 Å². The number of rotatable bonds is 4. The van der Waals surface area contributed by atoms with Crippen LogP contribution in [0, 0.1) is 6.08 Å². The van der Waals surface area contributed by atoms with Gasteiger partial charge in [-0.1, -0.05) is 0 Å². The van der Waals surface area contributed by atoms with Gasteiger partial charge in [-0.2, -0.15) is 0 Å². The van der Waals surface area contributed by atoms with E-state index in [-0.39, 0.29) is 5.47 Å². The molecule has 0 aromatic carbocycles. The Morgan fingerprint density at radius 3 is 2.42 bits per heavy atom. The number of carboxylic acid groups (broad SMARTS) is 1. The molecule has 0 saturated heterocycles. The maximum absolute atomic E-state index is 9.94. The van der Waals surface area contributed by atoms with Crippen molar-refractivity contribution in [3.63, 3.8) is 0 Å². The van der Waals surface area contributed by atoms with E-state index in [1.165, 1.54) is 6.08 Å². The van der Waals surface area contributed by atoms with Crippen molar-refractivity contribution in [2.45, 2.75) is 0 Å². The average Bonchev–Trinajstić information content (AvgIpc) is 1.96. The van der Waals surface area contributed by atoms with Gasteiger partial charge in [0.2, 0.25) is 0 Å². The number of carboxylic acids is 1. The number of carbonyl (C=O) groups is 1. The van der Waals surface area contributed by atoms with Crippen LogP contribution in [0.3, 0.4) is 0 Å². The summed E-state index contributed by atoms with van der Waals surface area (Å²) >= 11 is 1.05. The number of hydrogen-bond donors (Lipinski definition) is 3. The Labute approximate surface area is 80.8 Å². The molecule has 0 atom stereocenters. The minimum atomic E-state index is -1.56. The van der Waals surface area contributed by atoms with Crippen LogP contribution in [0.25, 0.3) is 0 Å². The molecule has 6 heteroatoms. The number of allylic oxidation sites excluding steroid dienone is 3. The van der Waals surface area contributed by atoms with Crippen LogP contribution in [-0.4, -0.2) is 32.6 Å². The normalized spacial score (nSPS) is 11.7. The van der Waals surface area contributed by atoms with Crippen molar-refractivity contribution in [1.82, 2.24) is 0 Å². The van der Waals surface area contributed by atoms with Gasteiger partial charge in [-0.05, 0) is 0 Å². The molecule has 0 aliphatic carbocycles. The molecule has 3 N–H and O–H groups in total. The van der Waals surface area contributed by atoms with E-state index in [1.807, 2.05) is 6.08 Å². The fourth-order valence-corrected chi connectivity index (χ4v) is 1.11. The van der Waals surface area contributed by atoms with E-state index in [0.29, 0.717) is 0 Å². The molecule has 0 rings (SSSR count). The molecule has 0 aromatic heterocycles. The van der Waals surface area contributed by atoms with Crippen LogP contribution < -0.4 is 0 Å². The molecule has 0 amide bonds. The van der Waals surface area contributed by atoms with Gasteiger partial charge in [-0.15, -0.1) is 0 Å². The van der Waals surface area contributed by atoms with Gasteiger partial charge >= 0.3 is 80.5 Å². The zero-order valence-corrected chi connectivity index (χ0v) is 8.90. The van der Waals surface area contributed by atoms with Crippen molar-refractivity contribution in [2.24, 2.45) is 0 Å². The Morgan fingerprint density at radius 2 is 2.08 bits per heavy atom. The number of aliphatic carboxylic acids is 1. The van der Waals surface area contributed by atoms with Gasteiger partial charge in [-0.3, -0.25) is 0 Å². The van der Waals surface area contributed by atoms with Crippen molar-refractivity contribution in [1.29, 1.82) is 0 Å². The Balaban J connectivity index is 4.31. The van der Waals surface area contributed by atoms with Crippen molar-refractivity contribution >= 4 is 17.5 Å². The Hall–Kier alpha value is -0.507. The second kappa shape index (κ2) is 6.06. The summed E-state index contributed by atoms with van der Waals surface area (Å²) in [6, 6.07) is 0. The first kappa shape index (κ1) is 11.5. The van der Waals surface area contributed by atoms with Crippen molar-refractivity contribution in [2.75, 3.05) is 0 Å². The van der Waals surface area contributed by atoms with Crippen LogP contribution in [0.5, 0.6) is 0 Å². The molecule has 0 fully saturated rings. The van der Waals surface area contributed by atoms with E-state index in [0.717, 1.165) is 25.4 Å². The van der Waals surface area contributed by atoms with E-state index in [1.54, 1.807) is 4.40 Å². The Bertz CT molecular complexity index is 234. The fourth-order valence-electron chi connectivity index (χ4n) is 0.395. The molecule has 0 bridgehead atoms. The standard InChI is InChI=1S/C6H6BO4.W/c1-5(7(10)11)3-2-4-6(8)9;/h1-3,10-11H,(H,8,9);/q-1;/b5-3+;. The molecule has 64 valence electrons. The van der Waals surface area contributed by atoms with Crippen LogP contribution in [0.15, 0.2) is 17.6 Å². The third-order valence-corrected chi connectivity index (χ3v) is 1.89. The summed E-state index contributed by atoms with van der Waals surface area (Å²) in [4.78, 5) is 9.94. The molecular formula is C6H6BO4W-. The van der Waals surface area contributed by atoms with Crippen molar-refractivity contribution in [3.05, 3.63) is 23.7 Å². The van der Waals surface area contributed by atoms with Crippen LogP contribution in [0.1, 0.15) is 0 Å². The van der Waals surface area contributed by atoms with Crippen LogP contribution in [0.4, 0.5) is 0 Å². The second-order valence-corrected chi connectivity index (χ2v) is 2.62. The predicted molar refractivity (Wildman–Crippen MR) is 39.8 cm³/mol. The zero-order valence-electron chi connectivity index (χ0n) is 5.97. The fraction of sp³-hybridized carbons (Fsp3) is 0. The maximum atomic E-state index is 9.94. The molecule has 4 nitrogen and oxygen atoms in total. The van der Waals surface area contributed by atoms with Gasteiger partial charge in [0.05, 0.1) is 0 Å². The molecule has 12 heavy (non-hydrogen) atoms. The number of hydrogen-bond acceptors (Lipinski definition) is 3. The van der Waals surface area contributed by atoms with E-state index < -0.39 is 13.1 Å². The van der Waals surface area contributed by atoms with Crippen LogP contribution >= 0.6 is 0 Å².